The molecule has 0 bridgehead atoms. The molecule has 1 unspecified atom stereocenters. The van der Waals surface area contributed by atoms with Gasteiger partial charge in [-0.25, -0.2) is 0 Å². The van der Waals surface area contributed by atoms with Crippen molar-refractivity contribution in [3.05, 3.63) is 0 Å². The van der Waals surface area contributed by atoms with E-state index < -0.39 is 0 Å². The summed E-state index contributed by atoms with van der Waals surface area (Å²) in [4.78, 5) is 5.36. The van der Waals surface area contributed by atoms with Gasteiger partial charge in [-0.15, -0.1) is 0 Å². The van der Waals surface area contributed by atoms with Crippen LogP contribution in [-0.4, -0.2) is 62.2 Å². The smallest absolute Gasteiger partial charge is 0.0113 e. The third-order valence-corrected chi connectivity index (χ3v) is 4.53. The molecule has 1 heterocycles. The van der Waals surface area contributed by atoms with Crippen molar-refractivity contribution >= 4 is 0 Å². The first-order valence-corrected chi connectivity index (χ1v) is 7.28. The molecule has 1 aliphatic carbocycles. The normalized spacial score (nSPS) is 27.0. The summed E-state index contributed by atoms with van der Waals surface area (Å²) in [5.74, 6) is 0. The lowest BCUT2D eigenvalue weighted by atomic mass is 9.86. The van der Waals surface area contributed by atoms with Crippen LogP contribution in [0.4, 0.5) is 0 Å². The van der Waals surface area contributed by atoms with Gasteiger partial charge in [0.2, 0.25) is 0 Å². The molecule has 1 aliphatic heterocycles. The second kappa shape index (κ2) is 5.68. The van der Waals surface area contributed by atoms with Crippen LogP contribution in [0.2, 0.25) is 0 Å². The molecule has 0 amide bonds. The van der Waals surface area contributed by atoms with Crippen molar-refractivity contribution in [1.82, 2.24) is 15.1 Å². The summed E-state index contributed by atoms with van der Waals surface area (Å²) in [6.45, 7) is 12.3. The summed E-state index contributed by atoms with van der Waals surface area (Å²) >= 11 is 0. The van der Waals surface area contributed by atoms with Crippen molar-refractivity contribution in [2.45, 2.75) is 39.2 Å². The molecular formula is C14H29N3. The lowest BCUT2D eigenvalue weighted by Gasteiger charge is -2.40. The van der Waals surface area contributed by atoms with E-state index in [1.807, 2.05) is 0 Å². The molecule has 2 rings (SSSR count). The second-order valence-electron chi connectivity index (χ2n) is 6.24. The van der Waals surface area contributed by atoms with Gasteiger partial charge in [-0.3, -0.25) is 4.90 Å². The highest BCUT2D eigenvalue weighted by Crippen LogP contribution is 2.28. The molecule has 0 radical (unpaired) electrons. The predicted octanol–water partition coefficient (Wildman–Crippen LogP) is 1.40. The SMILES string of the molecule is CCC(C)(CNC)CN1CCN(C2CC2)CC1. The first kappa shape index (κ1) is 13.3. The first-order chi connectivity index (χ1) is 8.17. The fourth-order valence-electron chi connectivity index (χ4n) is 2.99. The average Bonchev–Trinajstić information content (AvgIpc) is 3.14. The van der Waals surface area contributed by atoms with Gasteiger partial charge in [0, 0.05) is 45.3 Å². The highest BCUT2D eigenvalue weighted by Gasteiger charge is 2.32. The van der Waals surface area contributed by atoms with Crippen LogP contribution in [0.1, 0.15) is 33.1 Å². The maximum Gasteiger partial charge on any atom is 0.0113 e. The van der Waals surface area contributed by atoms with Gasteiger partial charge in [-0.2, -0.15) is 0 Å². The summed E-state index contributed by atoms with van der Waals surface area (Å²) < 4.78 is 0. The van der Waals surface area contributed by atoms with Crippen molar-refractivity contribution in [1.29, 1.82) is 0 Å². The fraction of sp³-hybridized carbons (Fsp3) is 1.00. The first-order valence-electron chi connectivity index (χ1n) is 7.28. The van der Waals surface area contributed by atoms with Crippen molar-refractivity contribution in [3.8, 4) is 0 Å². The maximum atomic E-state index is 3.35. The van der Waals surface area contributed by atoms with E-state index in [0.29, 0.717) is 5.41 Å². The molecule has 2 fully saturated rings. The Morgan fingerprint density at radius 1 is 1.18 bits per heavy atom. The monoisotopic (exact) mass is 239 g/mol. The van der Waals surface area contributed by atoms with Crippen molar-refractivity contribution in [3.63, 3.8) is 0 Å². The molecule has 0 spiro atoms. The molecule has 1 saturated carbocycles. The Kier molecular flexibility index (Phi) is 4.45. The third-order valence-electron chi connectivity index (χ3n) is 4.53. The molecule has 3 nitrogen and oxygen atoms in total. The Morgan fingerprint density at radius 3 is 2.29 bits per heavy atom. The van der Waals surface area contributed by atoms with Gasteiger partial charge in [0.05, 0.1) is 0 Å². The number of rotatable bonds is 6. The van der Waals surface area contributed by atoms with E-state index in [0.717, 1.165) is 12.6 Å². The summed E-state index contributed by atoms with van der Waals surface area (Å²) in [6, 6.07) is 0.951. The topological polar surface area (TPSA) is 18.5 Å². The van der Waals surface area contributed by atoms with Gasteiger partial charge < -0.3 is 10.2 Å². The van der Waals surface area contributed by atoms with E-state index in [-0.39, 0.29) is 0 Å². The van der Waals surface area contributed by atoms with Crippen LogP contribution in [-0.2, 0) is 0 Å². The molecule has 17 heavy (non-hydrogen) atoms. The Labute approximate surface area is 107 Å². The molecule has 3 heteroatoms. The lowest BCUT2D eigenvalue weighted by Crippen LogP contribution is -2.51. The molecule has 1 atom stereocenters. The summed E-state index contributed by atoms with van der Waals surface area (Å²) in [6.07, 6.45) is 4.16. The minimum Gasteiger partial charge on any atom is -0.319 e. The summed E-state index contributed by atoms with van der Waals surface area (Å²) in [7, 11) is 2.07. The molecule has 100 valence electrons. The van der Waals surface area contributed by atoms with Crippen LogP contribution in [0, 0.1) is 5.41 Å². The van der Waals surface area contributed by atoms with Crippen molar-refractivity contribution in [2.75, 3.05) is 46.3 Å². The van der Waals surface area contributed by atoms with Crippen LogP contribution in [0.3, 0.4) is 0 Å². The van der Waals surface area contributed by atoms with Gasteiger partial charge in [-0.1, -0.05) is 13.8 Å². The number of nitrogens with one attached hydrogen (secondary N) is 1. The lowest BCUT2D eigenvalue weighted by molar-refractivity contribution is 0.0853. The average molecular weight is 239 g/mol. The van der Waals surface area contributed by atoms with Crippen molar-refractivity contribution in [2.24, 2.45) is 5.41 Å². The largest absolute Gasteiger partial charge is 0.319 e. The molecule has 0 aromatic carbocycles. The molecular weight excluding hydrogens is 210 g/mol. The molecule has 2 aliphatic rings. The molecule has 1 N–H and O–H groups in total. The van der Waals surface area contributed by atoms with E-state index in [9.17, 15) is 0 Å². The number of piperazine rings is 1. The van der Waals surface area contributed by atoms with E-state index in [2.05, 4.69) is 36.0 Å². The molecule has 0 aromatic heterocycles. The summed E-state index contributed by atoms with van der Waals surface area (Å²) in [5.41, 5.74) is 0.441. The molecule has 1 saturated heterocycles. The van der Waals surface area contributed by atoms with Gasteiger partial charge in [0.1, 0.15) is 0 Å². The predicted molar refractivity (Wildman–Crippen MR) is 73.4 cm³/mol. The van der Waals surface area contributed by atoms with Crippen LogP contribution in [0.5, 0.6) is 0 Å². The number of hydrogen-bond acceptors (Lipinski definition) is 3. The number of nitrogens with zero attached hydrogens (tertiary/aromatic N) is 2. The quantitative estimate of drug-likeness (QED) is 0.756. The highest BCUT2D eigenvalue weighted by atomic mass is 15.3. The fourth-order valence-corrected chi connectivity index (χ4v) is 2.99. The Morgan fingerprint density at radius 2 is 1.82 bits per heavy atom. The van der Waals surface area contributed by atoms with Gasteiger partial charge in [-0.05, 0) is 31.7 Å². The van der Waals surface area contributed by atoms with Gasteiger partial charge >= 0.3 is 0 Å². The van der Waals surface area contributed by atoms with Gasteiger partial charge in [0.15, 0.2) is 0 Å². The van der Waals surface area contributed by atoms with E-state index in [4.69, 9.17) is 0 Å². The van der Waals surface area contributed by atoms with Crippen LogP contribution in [0.15, 0.2) is 0 Å². The van der Waals surface area contributed by atoms with Crippen LogP contribution in [0.25, 0.3) is 0 Å². The zero-order valence-electron chi connectivity index (χ0n) is 11.8. The van der Waals surface area contributed by atoms with E-state index in [1.165, 1.54) is 52.0 Å². The Bertz CT molecular complexity index is 232. The molecule has 0 aromatic rings. The third kappa shape index (κ3) is 3.67. The zero-order valence-corrected chi connectivity index (χ0v) is 11.8. The standard InChI is InChI=1S/C14H29N3/c1-4-14(2,11-15-3)12-16-7-9-17(10-8-16)13-5-6-13/h13,15H,4-12H2,1-3H3. The minimum atomic E-state index is 0.441. The van der Waals surface area contributed by atoms with E-state index >= 15 is 0 Å². The second-order valence-corrected chi connectivity index (χ2v) is 6.24. The number of hydrogen-bond donors (Lipinski definition) is 1. The minimum absolute atomic E-state index is 0.441. The Hall–Kier alpha value is -0.120. The highest BCUT2D eigenvalue weighted by molar-refractivity contribution is 4.89. The van der Waals surface area contributed by atoms with E-state index in [1.54, 1.807) is 0 Å². The summed E-state index contributed by atoms with van der Waals surface area (Å²) in [5, 5.41) is 3.35. The van der Waals surface area contributed by atoms with Crippen molar-refractivity contribution < 1.29 is 0 Å². The van der Waals surface area contributed by atoms with Crippen LogP contribution < -0.4 is 5.32 Å². The van der Waals surface area contributed by atoms with Gasteiger partial charge in [0.25, 0.3) is 0 Å². The zero-order chi connectivity index (χ0) is 12.3. The Balaban J connectivity index is 1.75. The van der Waals surface area contributed by atoms with Crippen LogP contribution >= 0.6 is 0 Å². The maximum absolute atomic E-state index is 3.35.